The van der Waals surface area contributed by atoms with Crippen LogP contribution in [-0.2, 0) is 0 Å². The molecular weight excluding hydrogens is 340 g/mol. The predicted molar refractivity (Wildman–Crippen MR) is 85.3 cm³/mol. The molecule has 0 aliphatic carbocycles. The SMILES string of the molecule is Nc1ccc(C(=O)c2c[nH]c3ccc(Br)cc23)cc1Cl. The minimum atomic E-state index is -0.0868. The number of fused-ring (bicyclic) bond motifs is 1. The Bertz CT molecular complexity index is 826. The van der Waals surface area contributed by atoms with Crippen molar-refractivity contribution in [3.05, 3.63) is 63.2 Å². The fourth-order valence-corrected chi connectivity index (χ4v) is 2.65. The van der Waals surface area contributed by atoms with Crippen LogP contribution in [0.1, 0.15) is 15.9 Å². The van der Waals surface area contributed by atoms with Crippen molar-refractivity contribution in [2.45, 2.75) is 0 Å². The maximum absolute atomic E-state index is 12.6. The summed E-state index contributed by atoms with van der Waals surface area (Å²) in [4.78, 5) is 15.7. The van der Waals surface area contributed by atoms with Crippen molar-refractivity contribution in [1.29, 1.82) is 0 Å². The molecule has 0 bridgehead atoms. The average Bonchev–Trinajstić information content (AvgIpc) is 2.84. The highest BCUT2D eigenvalue weighted by Crippen LogP contribution is 2.26. The number of ketones is 1. The summed E-state index contributed by atoms with van der Waals surface area (Å²) in [6.07, 6.45) is 1.71. The highest BCUT2D eigenvalue weighted by molar-refractivity contribution is 9.10. The van der Waals surface area contributed by atoms with E-state index in [1.165, 1.54) is 0 Å². The Kier molecular flexibility index (Phi) is 3.28. The van der Waals surface area contributed by atoms with Gasteiger partial charge < -0.3 is 10.7 Å². The quantitative estimate of drug-likeness (QED) is 0.532. The number of hydrogen-bond acceptors (Lipinski definition) is 2. The minimum absolute atomic E-state index is 0.0868. The number of aromatic amines is 1. The van der Waals surface area contributed by atoms with E-state index >= 15 is 0 Å². The summed E-state index contributed by atoms with van der Waals surface area (Å²) < 4.78 is 0.925. The molecule has 0 aliphatic heterocycles. The maximum Gasteiger partial charge on any atom is 0.195 e. The number of carbonyl (C=O) groups excluding carboxylic acids is 1. The number of benzene rings is 2. The lowest BCUT2D eigenvalue weighted by Crippen LogP contribution is -2.01. The third-order valence-corrected chi connectivity index (χ3v) is 3.97. The Balaban J connectivity index is 2.12. The second kappa shape index (κ2) is 4.96. The van der Waals surface area contributed by atoms with Crippen LogP contribution in [0.2, 0.25) is 5.02 Å². The smallest absolute Gasteiger partial charge is 0.195 e. The van der Waals surface area contributed by atoms with Crippen molar-refractivity contribution in [1.82, 2.24) is 4.98 Å². The second-order valence-corrected chi connectivity index (χ2v) is 5.78. The highest BCUT2D eigenvalue weighted by Gasteiger charge is 2.15. The Morgan fingerprint density at radius 1 is 1.20 bits per heavy atom. The molecule has 0 atom stereocenters. The molecule has 0 spiro atoms. The Morgan fingerprint density at radius 3 is 2.75 bits per heavy atom. The zero-order valence-electron chi connectivity index (χ0n) is 10.3. The molecule has 1 aromatic heterocycles. The van der Waals surface area contributed by atoms with E-state index in [-0.39, 0.29) is 5.78 Å². The van der Waals surface area contributed by atoms with Gasteiger partial charge in [-0.1, -0.05) is 27.5 Å². The summed E-state index contributed by atoms with van der Waals surface area (Å²) in [5.41, 5.74) is 8.17. The van der Waals surface area contributed by atoms with Gasteiger partial charge in [-0.25, -0.2) is 0 Å². The van der Waals surface area contributed by atoms with E-state index in [9.17, 15) is 4.79 Å². The van der Waals surface area contributed by atoms with Crippen LogP contribution < -0.4 is 5.73 Å². The van der Waals surface area contributed by atoms with Gasteiger partial charge in [0.15, 0.2) is 5.78 Å². The first-order valence-electron chi connectivity index (χ1n) is 5.92. The fourth-order valence-electron chi connectivity index (χ4n) is 2.10. The van der Waals surface area contributed by atoms with Crippen LogP contribution in [0, 0.1) is 0 Å². The van der Waals surface area contributed by atoms with Crippen molar-refractivity contribution in [2.75, 3.05) is 5.73 Å². The molecule has 0 saturated carbocycles. The molecule has 2 aromatic carbocycles. The number of hydrogen-bond donors (Lipinski definition) is 2. The Labute approximate surface area is 128 Å². The fraction of sp³-hybridized carbons (Fsp3) is 0. The number of carbonyl (C=O) groups is 1. The lowest BCUT2D eigenvalue weighted by Gasteiger charge is -2.03. The Morgan fingerprint density at radius 2 is 2.00 bits per heavy atom. The van der Waals surface area contributed by atoms with E-state index < -0.39 is 0 Å². The molecule has 3 nitrogen and oxygen atoms in total. The molecule has 0 aliphatic rings. The van der Waals surface area contributed by atoms with Crippen molar-refractivity contribution < 1.29 is 4.79 Å². The number of aromatic nitrogens is 1. The lowest BCUT2D eigenvalue weighted by atomic mass is 10.0. The molecule has 0 radical (unpaired) electrons. The van der Waals surface area contributed by atoms with E-state index in [1.54, 1.807) is 24.4 Å². The number of nitrogens with two attached hydrogens (primary N) is 1. The number of nitrogen functional groups attached to an aromatic ring is 1. The van der Waals surface area contributed by atoms with E-state index in [0.29, 0.717) is 21.8 Å². The van der Waals surface area contributed by atoms with Crippen molar-refractivity contribution in [3.8, 4) is 0 Å². The molecular formula is C15H10BrClN2O. The normalized spacial score (nSPS) is 10.9. The maximum atomic E-state index is 12.6. The largest absolute Gasteiger partial charge is 0.398 e. The molecule has 0 unspecified atom stereocenters. The molecule has 100 valence electrons. The molecule has 3 rings (SSSR count). The van der Waals surface area contributed by atoms with Gasteiger partial charge in [0.05, 0.1) is 10.7 Å². The molecule has 0 saturated heterocycles. The predicted octanol–water partition coefficient (Wildman–Crippen LogP) is 4.40. The number of anilines is 1. The van der Waals surface area contributed by atoms with Gasteiger partial charge in [0.2, 0.25) is 0 Å². The standard InChI is InChI=1S/C15H10BrClN2O/c16-9-2-4-14-10(6-9)11(7-19-14)15(20)8-1-3-13(18)12(17)5-8/h1-7,19H,18H2. The Hall–Kier alpha value is -1.78. The second-order valence-electron chi connectivity index (χ2n) is 4.46. The number of rotatable bonds is 2. The molecule has 1 heterocycles. The number of nitrogens with one attached hydrogen (secondary N) is 1. The van der Waals surface area contributed by atoms with Gasteiger partial charge in [0.25, 0.3) is 0 Å². The first-order chi connectivity index (χ1) is 9.56. The average molecular weight is 350 g/mol. The minimum Gasteiger partial charge on any atom is -0.398 e. The molecule has 20 heavy (non-hydrogen) atoms. The summed E-state index contributed by atoms with van der Waals surface area (Å²) in [5, 5.41) is 1.26. The van der Waals surface area contributed by atoms with Gasteiger partial charge >= 0.3 is 0 Å². The van der Waals surface area contributed by atoms with Crippen LogP contribution in [0.3, 0.4) is 0 Å². The van der Waals surface area contributed by atoms with E-state index in [2.05, 4.69) is 20.9 Å². The van der Waals surface area contributed by atoms with Crippen LogP contribution in [0.25, 0.3) is 10.9 Å². The summed E-state index contributed by atoms with van der Waals surface area (Å²) in [7, 11) is 0. The first-order valence-corrected chi connectivity index (χ1v) is 7.10. The third-order valence-electron chi connectivity index (χ3n) is 3.15. The molecule has 0 amide bonds. The third kappa shape index (κ3) is 2.21. The van der Waals surface area contributed by atoms with E-state index in [1.807, 2.05) is 18.2 Å². The van der Waals surface area contributed by atoms with Crippen molar-refractivity contribution >= 4 is 49.9 Å². The van der Waals surface area contributed by atoms with Crippen LogP contribution in [0.15, 0.2) is 47.1 Å². The molecule has 3 aromatic rings. The van der Waals surface area contributed by atoms with Crippen LogP contribution in [0.5, 0.6) is 0 Å². The first kappa shape index (κ1) is 13.2. The highest BCUT2D eigenvalue weighted by atomic mass is 79.9. The van der Waals surface area contributed by atoms with E-state index in [0.717, 1.165) is 15.4 Å². The van der Waals surface area contributed by atoms with Crippen LogP contribution >= 0.6 is 27.5 Å². The van der Waals surface area contributed by atoms with Gasteiger partial charge in [-0.15, -0.1) is 0 Å². The zero-order valence-corrected chi connectivity index (χ0v) is 12.6. The van der Waals surface area contributed by atoms with Crippen LogP contribution in [-0.4, -0.2) is 10.8 Å². The van der Waals surface area contributed by atoms with Gasteiger partial charge in [-0.2, -0.15) is 0 Å². The monoisotopic (exact) mass is 348 g/mol. The van der Waals surface area contributed by atoms with Crippen LogP contribution in [0.4, 0.5) is 5.69 Å². The summed E-state index contributed by atoms with van der Waals surface area (Å²) in [5.74, 6) is -0.0868. The topological polar surface area (TPSA) is 58.9 Å². The van der Waals surface area contributed by atoms with Gasteiger partial charge in [-0.3, -0.25) is 4.79 Å². The molecule has 3 N–H and O–H groups in total. The van der Waals surface area contributed by atoms with Gasteiger partial charge in [0, 0.05) is 32.7 Å². The van der Waals surface area contributed by atoms with Gasteiger partial charge in [-0.05, 0) is 36.4 Å². The molecule has 0 fully saturated rings. The van der Waals surface area contributed by atoms with E-state index in [4.69, 9.17) is 17.3 Å². The summed E-state index contributed by atoms with van der Waals surface area (Å²) >= 11 is 9.39. The number of halogens is 2. The van der Waals surface area contributed by atoms with Gasteiger partial charge in [0.1, 0.15) is 0 Å². The summed E-state index contributed by atoms with van der Waals surface area (Å²) in [6, 6.07) is 10.7. The lowest BCUT2D eigenvalue weighted by molar-refractivity contribution is 0.104. The van der Waals surface area contributed by atoms with Crippen molar-refractivity contribution in [2.24, 2.45) is 0 Å². The number of H-pyrrole nitrogens is 1. The van der Waals surface area contributed by atoms with Crippen molar-refractivity contribution in [3.63, 3.8) is 0 Å². The molecule has 5 heteroatoms. The zero-order chi connectivity index (χ0) is 14.3. The summed E-state index contributed by atoms with van der Waals surface area (Å²) in [6.45, 7) is 0.